The molecule has 0 aromatic carbocycles. The van der Waals surface area contributed by atoms with Crippen LogP contribution in [-0.4, -0.2) is 6.16 Å². The highest BCUT2D eigenvalue weighted by atomic mass is 31.2. The number of rotatable bonds is 3. The van der Waals surface area contributed by atoms with Crippen LogP contribution in [0.25, 0.3) is 0 Å². The molecule has 4 heteroatoms. The van der Waals surface area contributed by atoms with Crippen LogP contribution in [0.5, 0.6) is 0 Å². The monoisotopic (exact) mass is 216 g/mol. The van der Waals surface area contributed by atoms with Gasteiger partial charge in [0, 0.05) is 0 Å². The van der Waals surface area contributed by atoms with E-state index in [4.69, 9.17) is 0 Å². The van der Waals surface area contributed by atoms with E-state index < -0.39 is 7.60 Å². The highest BCUT2D eigenvalue weighted by Gasteiger charge is 2.17. The van der Waals surface area contributed by atoms with Crippen molar-refractivity contribution in [1.82, 2.24) is 0 Å². The van der Waals surface area contributed by atoms with Gasteiger partial charge in [-0.05, 0) is 37.3 Å². The molecule has 0 aliphatic heterocycles. The zero-order valence-electron chi connectivity index (χ0n) is 8.73. The highest BCUT2D eigenvalue weighted by molar-refractivity contribution is 7.49. The minimum Gasteiger partial charge on any atom is -0.810 e. The SMILES string of the molecule is CC(C)C1CC=C(CP(=O)([O-])[O-])CC1. The molecule has 0 amide bonds. The van der Waals surface area contributed by atoms with E-state index >= 15 is 0 Å². The average molecular weight is 216 g/mol. The maximum absolute atomic E-state index is 10.5. The molecule has 0 radical (unpaired) electrons. The van der Waals surface area contributed by atoms with Gasteiger partial charge < -0.3 is 14.4 Å². The first-order chi connectivity index (χ1) is 6.38. The van der Waals surface area contributed by atoms with E-state index in [1.54, 1.807) is 0 Å². The number of hydrogen-bond donors (Lipinski definition) is 0. The fourth-order valence-electron chi connectivity index (χ4n) is 1.91. The van der Waals surface area contributed by atoms with Gasteiger partial charge in [-0.3, -0.25) is 0 Å². The van der Waals surface area contributed by atoms with Crippen LogP contribution in [0, 0.1) is 11.8 Å². The average Bonchev–Trinajstić information content (AvgIpc) is 2.02. The highest BCUT2D eigenvalue weighted by Crippen LogP contribution is 2.34. The second kappa shape index (κ2) is 4.61. The van der Waals surface area contributed by atoms with Crippen LogP contribution < -0.4 is 9.79 Å². The van der Waals surface area contributed by atoms with Crippen molar-refractivity contribution in [1.29, 1.82) is 0 Å². The minimum absolute atomic E-state index is 0.266. The smallest absolute Gasteiger partial charge is 0.00391 e. The quantitative estimate of drug-likeness (QED) is 0.527. The summed E-state index contributed by atoms with van der Waals surface area (Å²) >= 11 is 0. The molecule has 0 spiro atoms. The maximum Gasteiger partial charge on any atom is -0.00391 e. The third-order valence-electron chi connectivity index (χ3n) is 2.89. The van der Waals surface area contributed by atoms with Crippen LogP contribution in [0.4, 0.5) is 0 Å². The van der Waals surface area contributed by atoms with Crippen LogP contribution in [0.3, 0.4) is 0 Å². The molecule has 0 N–H and O–H groups in total. The topological polar surface area (TPSA) is 63.2 Å². The summed E-state index contributed by atoms with van der Waals surface area (Å²) in [5.74, 6) is 1.29. The van der Waals surface area contributed by atoms with Gasteiger partial charge in [0.15, 0.2) is 0 Å². The molecule has 82 valence electrons. The molecule has 1 atom stereocenters. The normalized spacial score (nSPS) is 23.8. The maximum atomic E-state index is 10.5. The number of allylic oxidation sites excluding steroid dienone is 2. The van der Waals surface area contributed by atoms with E-state index in [0.717, 1.165) is 24.8 Å². The van der Waals surface area contributed by atoms with Crippen LogP contribution >= 0.6 is 7.60 Å². The largest absolute Gasteiger partial charge is 0.810 e. The van der Waals surface area contributed by atoms with Crippen molar-refractivity contribution < 1.29 is 14.4 Å². The lowest BCUT2D eigenvalue weighted by Gasteiger charge is -2.33. The van der Waals surface area contributed by atoms with Crippen molar-refractivity contribution >= 4 is 7.60 Å². The predicted molar refractivity (Wildman–Crippen MR) is 52.7 cm³/mol. The second-order valence-electron chi connectivity index (χ2n) is 4.41. The standard InChI is InChI=1S/C10H19O3P/c1-8(2)10-5-3-9(4-6-10)7-14(11,12)13/h3,8,10H,4-7H2,1-2H3,(H2,11,12,13)/p-2. The Morgan fingerprint density at radius 1 is 1.57 bits per heavy atom. The molecule has 0 fully saturated rings. The lowest BCUT2D eigenvalue weighted by molar-refractivity contribution is -0.312. The lowest BCUT2D eigenvalue weighted by Crippen LogP contribution is -2.20. The van der Waals surface area contributed by atoms with Gasteiger partial charge in [0.05, 0.1) is 0 Å². The molecule has 0 aromatic rings. The third-order valence-corrected chi connectivity index (χ3v) is 3.68. The van der Waals surface area contributed by atoms with Gasteiger partial charge in [0.25, 0.3) is 0 Å². The second-order valence-corrected chi connectivity index (χ2v) is 5.95. The van der Waals surface area contributed by atoms with Crippen LogP contribution in [0.1, 0.15) is 33.1 Å². The predicted octanol–water partition coefficient (Wildman–Crippen LogP) is 1.28. The van der Waals surface area contributed by atoms with Gasteiger partial charge >= 0.3 is 0 Å². The van der Waals surface area contributed by atoms with Gasteiger partial charge in [-0.1, -0.05) is 33.1 Å². The van der Waals surface area contributed by atoms with Gasteiger partial charge in [-0.25, -0.2) is 0 Å². The zero-order valence-corrected chi connectivity index (χ0v) is 9.63. The summed E-state index contributed by atoms with van der Waals surface area (Å²) in [6, 6.07) is 0. The van der Waals surface area contributed by atoms with Crippen molar-refractivity contribution in [2.24, 2.45) is 11.8 Å². The Bertz CT molecular complexity index is 265. The molecule has 1 rings (SSSR count). The Hall–Kier alpha value is -0.110. The van der Waals surface area contributed by atoms with Crippen LogP contribution in [0.2, 0.25) is 0 Å². The molecule has 0 aromatic heterocycles. The first kappa shape index (κ1) is 12.0. The minimum atomic E-state index is -4.35. The zero-order chi connectivity index (χ0) is 10.8. The van der Waals surface area contributed by atoms with E-state index in [0.29, 0.717) is 11.8 Å². The molecule has 14 heavy (non-hydrogen) atoms. The first-order valence-electron chi connectivity index (χ1n) is 5.07. The van der Waals surface area contributed by atoms with Crippen molar-refractivity contribution in [2.75, 3.05) is 6.16 Å². The Morgan fingerprint density at radius 2 is 2.21 bits per heavy atom. The van der Waals surface area contributed by atoms with Gasteiger partial charge in [0.2, 0.25) is 0 Å². The van der Waals surface area contributed by atoms with Crippen molar-refractivity contribution in [3.8, 4) is 0 Å². The molecule has 0 saturated heterocycles. The molecule has 0 saturated carbocycles. The first-order valence-corrected chi connectivity index (χ1v) is 6.80. The van der Waals surface area contributed by atoms with E-state index in [-0.39, 0.29) is 6.16 Å². The van der Waals surface area contributed by atoms with Gasteiger partial charge in [-0.15, -0.1) is 0 Å². The lowest BCUT2D eigenvalue weighted by atomic mass is 9.83. The van der Waals surface area contributed by atoms with E-state index in [1.165, 1.54) is 0 Å². The molecule has 1 aliphatic carbocycles. The van der Waals surface area contributed by atoms with Gasteiger partial charge in [-0.2, -0.15) is 0 Å². The Morgan fingerprint density at radius 3 is 2.57 bits per heavy atom. The van der Waals surface area contributed by atoms with Gasteiger partial charge in [0.1, 0.15) is 0 Å². The van der Waals surface area contributed by atoms with E-state index in [9.17, 15) is 14.4 Å². The molecule has 0 heterocycles. The fraction of sp³-hybridized carbons (Fsp3) is 0.800. The molecule has 0 bridgehead atoms. The molecule has 1 aliphatic rings. The molecule has 3 nitrogen and oxygen atoms in total. The Balaban J connectivity index is 2.49. The van der Waals surface area contributed by atoms with Crippen molar-refractivity contribution in [2.45, 2.75) is 33.1 Å². The molecular weight excluding hydrogens is 199 g/mol. The summed E-state index contributed by atoms with van der Waals surface area (Å²) in [4.78, 5) is 21.1. The third kappa shape index (κ3) is 3.95. The summed E-state index contributed by atoms with van der Waals surface area (Å²) in [6.45, 7) is 4.35. The van der Waals surface area contributed by atoms with E-state index in [2.05, 4.69) is 13.8 Å². The summed E-state index contributed by atoms with van der Waals surface area (Å²) in [7, 11) is -4.35. The summed E-state index contributed by atoms with van der Waals surface area (Å²) in [5.41, 5.74) is 0.815. The summed E-state index contributed by atoms with van der Waals surface area (Å²) in [5, 5.41) is 0. The Labute approximate surface area is 85.4 Å². The fourth-order valence-corrected chi connectivity index (χ4v) is 2.69. The van der Waals surface area contributed by atoms with Crippen LogP contribution in [0.15, 0.2) is 11.6 Å². The van der Waals surface area contributed by atoms with Crippen LogP contribution in [-0.2, 0) is 4.57 Å². The van der Waals surface area contributed by atoms with E-state index in [1.807, 2.05) is 6.08 Å². The number of hydrogen-bond acceptors (Lipinski definition) is 3. The van der Waals surface area contributed by atoms with Crippen molar-refractivity contribution in [3.63, 3.8) is 0 Å². The summed E-state index contributed by atoms with van der Waals surface area (Å²) in [6.07, 6.45) is 4.39. The molecule has 1 unspecified atom stereocenters. The Kier molecular flexibility index (Phi) is 3.94. The van der Waals surface area contributed by atoms with Crippen molar-refractivity contribution in [3.05, 3.63) is 11.6 Å². The summed E-state index contributed by atoms with van der Waals surface area (Å²) < 4.78 is 10.5. The molecular formula is C10H17O3P-2.